The Kier molecular flexibility index (Phi) is 5.84. The van der Waals surface area contributed by atoms with Crippen molar-refractivity contribution in [2.24, 2.45) is 0 Å². The number of morpholine rings is 1. The molecule has 2 atom stereocenters. The minimum Gasteiger partial charge on any atom is -0.382 e. The molecular formula is C20H31N3O2. The summed E-state index contributed by atoms with van der Waals surface area (Å²) < 4.78 is 5.81. The molecule has 2 N–H and O–H groups in total. The molecule has 1 saturated heterocycles. The van der Waals surface area contributed by atoms with Crippen LogP contribution in [0.4, 0.5) is 11.4 Å². The van der Waals surface area contributed by atoms with Crippen molar-refractivity contribution in [1.29, 1.82) is 0 Å². The van der Waals surface area contributed by atoms with Gasteiger partial charge >= 0.3 is 0 Å². The van der Waals surface area contributed by atoms with E-state index in [4.69, 9.17) is 4.74 Å². The lowest BCUT2D eigenvalue weighted by molar-refractivity contribution is -0.119. The van der Waals surface area contributed by atoms with Crippen LogP contribution >= 0.6 is 0 Å². The van der Waals surface area contributed by atoms with E-state index in [1.807, 2.05) is 0 Å². The van der Waals surface area contributed by atoms with Crippen LogP contribution in [0.2, 0.25) is 0 Å². The van der Waals surface area contributed by atoms with Crippen molar-refractivity contribution < 1.29 is 9.53 Å². The summed E-state index contributed by atoms with van der Waals surface area (Å²) in [7, 11) is 0. The van der Waals surface area contributed by atoms with Gasteiger partial charge in [-0.25, -0.2) is 0 Å². The number of nitrogens with zero attached hydrogens (tertiary/aromatic N) is 1. The fourth-order valence-corrected chi connectivity index (χ4v) is 4.06. The fourth-order valence-electron chi connectivity index (χ4n) is 4.06. The van der Waals surface area contributed by atoms with Gasteiger partial charge in [-0.15, -0.1) is 0 Å². The maximum atomic E-state index is 11.1. The molecule has 0 unspecified atom stereocenters. The standard InChI is InChI=1S/C20H31N3O2/c1-14-12-23(13-15(2)25-14)20-10-8-19(9-11-20)22-18-6-4-17(5-7-18)21-16(3)24/h8-11,14-15,17-18,22H,4-7,12-13H2,1-3H3,(H,21,24)/t14-,15-,17?,18?/m1/s1. The Hall–Kier alpha value is -1.75. The highest BCUT2D eigenvalue weighted by molar-refractivity contribution is 5.73. The molecule has 1 aliphatic carbocycles. The molecule has 0 spiro atoms. The molecule has 2 aliphatic rings. The second-order valence-electron chi connectivity index (χ2n) is 7.60. The van der Waals surface area contributed by atoms with E-state index >= 15 is 0 Å². The van der Waals surface area contributed by atoms with Gasteiger partial charge in [-0.3, -0.25) is 4.79 Å². The van der Waals surface area contributed by atoms with Crippen molar-refractivity contribution >= 4 is 17.3 Å². The first-order valence-electron chi connectivity index (χ1n) is 9.53. The average Bonchev–Trinajstić information content (AvgIpc) is 2.56. The highest BCUT2D eigenvalue weighted by Crippen LogP contribution is 2.25. The molecule has 25 heavy (non-hydrogen) atoms. The number of benzene rings is 1. The number of hydrogen-bond acceptors (Lipinski definition) is 4. The predicted octanol–water partition coefficient (Wildman–Crippen LogP) is 3.16. The van der Waals surface area contributed by atoms with Crippen LogP contribution in [-0.4, -0.2) is 43.3 Å². The third-order valence-electron chi connectivity index (χ3n) is 5.16. The summed E-state index contributed by atoms with van der Waals surface area (Å²) >= 11 is 0. The largest absolute Gasteiger partial charge is 0.382 e. The predicted molar refractivity (Wildman–Crippen MR) is 102 cm³/mol. The summed E-state index contributed by atoms with van der Waals surface area (Å²) in [6.45, 7) is 7.77. The molecule has 0 bridgehead atoms. The zero-order chi connectivity index (χ0) is 17.8. The summed E-state index contributed by atoms with van der Waals surface area (Å²) in [4.78, 5) is 13.6. The lowest BCUT2D eigenvalue weighted by Gasteiger charge is -2.37. The van der Waals surface area contributed by atoms with Crippen molar-refractivity contribution in [3.05, 3.63) is 24.3 Å². The zero-order valence-corrected chi connectivity index (χ0v) is 15.6. The summed E-state index contributed by atoms with van der Waals surface area (Å²) in [5.41, 5.74) is 2.45. The molecule has 5 heteroatoms. The van der Waals surface area contributed by atoms with Gasteiger partial charge in [0.1, 0.15) is 0 Å². The number of amides is 1. The van der Waals surface area contributed by atoms with E-state index in [2.05, 4.69) is 53.6 Å². The molecule has 1 heterocycles. The number of anilines is 2. The van der Waals surface area contributed by atoms with Crippen LogP contribution in [0.1, 0.15) is 46.5 Å². The lowest BCUT2D eigenvalue weighted by Crippen LogP contribution is -2.45. The normalized spacial score (nSPS) is 30.0. The van der Waals surface area contributed by atoms with E-state index in [-0.39, 0.29) is 18.1 Å². The van der Waals surface area contributed by atoms with Crippen LogP contribution in [0.25, 0.3) is 0 Å². The van der Waals surface area contributed by atoms with Gasteiger partial charge in [0.15, 0.2) is 0 Å². The van der Waals surface area contributed by atoms with E-state index in [0.29, 0.717) is 12.1 Å². The lowest BCUT2D eigenvalue weighted by atomic mass is 9.91. The van der Waals surface area contributed by atoms with Gasteiger partial charge in [0.25, 0.3) is 0 Å². The molecule has 0 radical (unpaired) electrons. The van der Waals surface area contributed by atoms with Crippen LogP contribution in [0.5, 0.6) is 0 Å². The van der Waals surface area contributed by atoms with Gasteiger partial charge in [-0.2, -0.15) is 0 Å². The molecule has 1 saturated carbocycles. The Morgan fingerprint density at radius 3 is 2.12 bits per heavy atom. The highest BCUT2D eigenvalue weighted by Gasteiger charge is 2.23. The van der Waals surface area contributed by atoms with E-state index in [9.17, 15) is 4.79 Å². The number of hydrogen-bond donors (Lipinski definition) is 2. The Bertz CT molecular complexity index is 557. The molecule has 138 valence electrons. The van der Waals surface area contributed by atoms with Crippen molar-refractivity contribution in [1.82, 2.24) is 5.32 Å². The maximum Gasteiger partial charge on any atom is 0.217 e. The second-order valence-corrected chi connectivity index (χ2v) is 7.60. The molecule has 3 rings (SSSR count). The summed E-state index contributed by atoms with van der Waals surface area (Å²) in [5, 5.41) is 6.68. The van der Waals surface area contributed by atoms with Gasteiger partial charge < -0.3 is 20.3 Å². The van der Waals surface area contributed by atoms with Crippen molar-refractivity contribution in [2.75, 3.05) is 23.3 Å². The number of nitrogens with one attached hydrogen (secondary N) is 2. The van der Waals surface area contributed by atoms with E-state index in [0.717, 1.165) is 38.8 Å². The number of rotatable bonds is 4. The fraction of sp³-hybridized carbons (Fsp3) is 0.650. The molecule has 1 aliphatic heterocycles. The van der Waals surface area contributed by atoms with Crippen LogP contribution in [0, 0.1) is 0 Å². The summed E-state index contributed by atoms with van der Waals surface area (Å²) in [6.07, 6.45) is 4.87. The molecule has 2 fully saturated rings. The number of ether oxygens (including phenoxy) is 1. The molecule has 1 aromatic rings. The minimum atomic E-state index is 0.0822. The first-order valence-corrected chi connectivity index (χ1v) is 9.53. The third kappa shape index (κ3) is 5.11. The Labute approximate surface area is 151 Å². The monoisotopic (exact) mass is 345 g/mol. The number of carbonyl (C=O) groups excluding carboxylic acids is 1. The zero-order valence-electron chi connectivity index (χ0n) is 15.6. The highest BCUT2D eigenvalue weighted by atomic mass is 16.5. The van der Waals surface area contributed by atoms with Crippen molar-refractivity contribution in [3.8, 4) is 0 Å². The van der Waals surface area contributed by atoms with E-state index in [1.165, 1.54) is 11.4 Å². The SMILES string of the molecule is CC(=O)NC1CCC(Nc2ccc(N3C[C@@H](C)O[C@H](C)C3)cc2)CC1. The Morgan fingerprint density at radius 2 is 1.56 bits per heavy atom. The van der Waals surface area contributed by atoms with Crippen molar-refractivity contribution in [3.63, 3.8) is 0 Å². The van der Waals surface area contributed by atoms with E-state index < -0.39 is 0 Å². The molecule has 1 aromatic carbocycles. The van der Waals surface area contributed by atoms with E-state index in [1.54, 1.807) is 6.92 Å². The molecule has 5 nitrogen and oxygen atoms in total. The molecule has 0 aromatic heterocycles. The molecular weight excluding hydrogens is 314 g/mol. The first kappa shape index (κ1) is 18.1. The third-order valence-corrected chi connectivity index (χ3v) is 5.16. The summed E-state index contributed by atoms with van der Waals surface area (Å²) in [6, 6.07) is 9.62. The van der Waals surface area contributed by atoms with Crippen LogP contribution < -0.4 is 15.5 Å². The quantitative estimate of drug-likeness (QED) is 0.880. The van der Waals surface area contributed by atoms with Crippen LogP contribution in [0.15, 0.2) is 24.3 Å². The topological polar surface area (TPSA) is 53.6 Å². The minimum absolute atomic E-state index is 0.0822. The maximum absolute atomic E-state index is 11.1. The summed E-state index contributed by atoms with van der Waals surface area (Å²) in [5.74, 6) is 0.0822. The smallest absolute Gasteiger partial charge is 0.217 e. The Balaban J connectivity index is 1.51. The van der Waals surface area contributed by atoms with Gasteiger partial charge in [-0.1, -0.05) is 0 Å². The second kappa shape index (κ2) is 8.09. The van der Waals surface area contributed by atoms with Gasteiger partial charge in [0.2, 0.25) is 5.91 Å². The van der Waals surface area contributed by atoms with Gasteiger partial charge in [0, 0.05) is 43.5 Å². The van der Waals surface area contributed by atoms with Crippen LogP contribution in [0.3, 0.4) is 0 Å². The van der Waals surface area contributed by atoms with Crippen molar-refractivity contribution in [2.45, 2.75) is 70.7 Å². The Morgan fingerprint density at radius 1 is 1.00 bits per heavy atom. The average molecular weight is 345 g/mol. The van der Waals surface area contributed by atoms with Gasteiger partial charge in [-0.05, 0) is 63.8 Å². The van der Waals surface area contributed by atoms with Gasteiger partial charge in [0.05, 0.1) is 12.2 Å². The molecule has 1 amide bonds. The van der Waals surface area contributed by atoms with Crippen LogP contribution in [-0.2, 0) is 9.53 Å². The first-order chi connectivity index (χ1) is 12.0. The number of carbonyl (C=O) groups is 1.